The van der Waals surface area contributed by atoms with Crippen LogP contribution in [0.1, 0.15) is 50.1 Å². The summed E-state index contributed by atoms with van der Waals surface area (Å²) in [4.78, 5) is 5.54. The van der Waals surface area contributed by atoms with Gasteiger partial charge in [0, 0.05) is 25.2 Å². The highest BCUT2D eigenvalue weighted by Gasteiger charge is 2.39. The summed E-state index contributed by atoms with van der Waals surface area (Å²) >= 11 is 0. The maximum atomic E-state index is 5.65. The Labute approximate surface area is 147 Å². The van der Waals surface area contributed by atoms with E-state index in [1.807, 2.05) is 0 Å². The number of likely N-dealkylation sites (tertiary alicyclic amines) is 1. The fraction of sp³-hybridized carbons (Fsp3) is 0.714. The summed E-state index contributed by atoms with van der Waals surface area (Å²) in [5.41, 5.74) is 1.52. The molecular formula is C21H32N2O. The lowest BCUT2D eigenvalue weighted by atomic mass is 9.76. The highest BCUT2D eigenvalue weighted by molar-refractivity contribution is 5.21. The molecule has 2 heterocycles. The maximum Gasteiger partial charge on any atom is 0.0594 e. The lowest BCUT2D eigenvalue weighted by Crippen LogP contribution is -2.49. The minimum Gasteiger partial charge on any atom is -0.379 e. The van der Waals surface area contributed by atoms with Crippen LogP contribution in [0.2, 0.25) is 0 Å². The van der Waals surface area contributed by atoms with Gasteiger partial charge in [-0.15, -0.1) is 0 Å². The molecule has 0 spiro atoms. The predicted octanol–water partition coefficient (Wildman–Crippen LogP) is 3.71. The fourth-order valence-electron chi connectivity index (χ4n) is 5.27. The molecule has 0 aromatic heterocycles. The zero-order valence-electron chi connectivity index (χ0n) is 14.9. The molecule has 3 heteroatoms. The quantitative estimate of drug-likeness (QED) is 0.838. The summed E-state index contributed by atoms with van der Waals surface area (Å²) in [6, 6.07) is 12.7. The van der Waals surface area contributed by atoms with E-state index >= 15 is 0 Å². The minimum atomic E-state index is 0.570. The van der Waals surface area contributed by atoms with Crippen LogP contribution in [0.15, 0.2) is 30.3 Å². The summed E-state index contributed by atoms with van der Waals surface area (Å²) in [7, 11) is 0. The van der Waals surface area contributed by atoms with Crippen molar-refractivity contribution < 1.29 is 4.74 Å². The van der Waals surface area contributed by atoms with E-state index in [4.69, 9.17) is 4.74 Å². The van der Waals surface area contributed by atoms with E-state index in [1.54, 1.807) is 0 Å². The zero-order valence-corrected chi connectivity index (χ0v) is 14.9. The third-order valence-electron chi connectivity index (χ3n) is 6.38. The summed E-state index contributed by atoms with van der Waals surface area (Å²) in [6.07, 6.45) is 8.41. The van der Waals surface area contributed by atoms with Crippen LogP contribution in [-0.4, -0.2) is 55.2 Å². The van der Waals surface area contributed by atoms with Crippen molar-refractivity contribution in [2.24, 2.45) is 5.92 Å². The molecule has 3 atom stereocenters. The van der Waals surface area contributed by atoms with Crippen molar-refractivity contribution in [3.63, 3.8) is 0 Å². The normalized spacial score (nSPS) is 31.2. The predicted molar refractivity (Wildman–Crippen MR) is 98.1 cm³/mol. The average molecular weight is 329 g/mol. The van der Waals surface area contributed by atoms with Gasteiger partial charge in [0.15, 0.2) is 0 Å². The van der Waals surface area contributed by atoms with Gasteiger partial charge in [0.2, 0.25) is 0 Å². The molecule has 1 aromatic rings. The maximum absolute atomic E-state index is 5.65. The average Bonchev–Trinajstić information content (AvgIpc) is 3.19. The molecule has 1 saturated carbocycles. The Morgan fingerprint density at radius 1 is 0.833 bits per heavy atom. The van der Waals surface area contributed by atoms with E-state index in [2.05, 4.69) is 40.1 Å². The van der Waals surface area contributed by atoms with Crippen LogP contribution < -0.4 is 0 Å². The third-order valence-corrected chi connectivity index (χ3v) is 6.38. The van der Waals surface area contributed by atoms with Crippen molar-refractivity contribution in [2.45, 2.75) is 50.6 Å². The number of nitrogens with zero attached hydrogens (tertiary/aromatic N) is 2. The Balaban J connectivity index is 1.62. The Hall–Kier alpha value is -0.900. The highest BCUT2D eigenvalue weighted by Crippen LogP contribution is 2.41. The van der Waals surface area contributed by atoms with Gasteiger partial charge in [-0.1, -0.05) is 43.2 Å². The lowest BCUT2D eigenvalue weighted by Gasteiger charge is -2.47. The molecule has 4 rings (SSSR count). The minimum absolute atomic E-state index is 0.570. The first-order valence-corrected chi connectivity index (χ1v) is 10.0. The molecule has 0 unspecified atom stereocenters. The Kier molecular flexibility index (Phi) is 5.51. The Morgan fingerprint density at radius 2 is 1.54 bits per heavy atom. The highest BCUT2D eigenvalue weighted by atomic mass is 16.5. The monoisotopic (exact) mass is 328 g/mol. The second-order valence-electron chi connectivity index (χ2n) is 7.76. The molecule has 2 aliphatic heterocycles. The van der Waals surface area contributed by atoms with E-state index in [-0.39, 0.29) is 0 Å². The molecule has 1 aliphatic carbocycles. The molecule has 3 fully saturated rings. The molecule has 2 saturated heterocycles. The number of hydrogen-bond donors (Lipinski definition) is 0. The standard InChI is InChI=1S/C21H32N2O/c1-2-8-18(9-3-1)21(23-14-16-24-17-15-23)19-10-4-5-11-20(19)22-12-6-7-13-22/h1-3,8-9,19-21H,4-7,10-17H2/t19-,20+,21+/m0/s1. The first kappa shape index (κ1) is 16.6. The van der Waals surface area contributed by atoms with Crippen LogP contribution in [0.3, 0.4) is 0 Å². The van der Waals surface area contributed by atoms with Gasteiger partial charge in [-0.3, -0.25) is 4.90 Å². The van der Waals surface area contributed by atoms with Crippen molar-refractivity contribution in [1.82, 2.24) is 9.80 Å². The number of rotatable bonds is 4. The van der Waals surface area contributed by atoms with Crippen molar-refractivity contribution in [3.05, 3.63) is 35.9 Å². The van der Waals surface area contributed by atoms with Crippen molar-refractivity contribution in [1.29, 1.82) is 0 Å². The molecule has 0 amide bonds. The molecule has 1 aromatic carbocycles. The van der Waals surface area contributed by atoms with Crippen molar-refractivity contribution in [3.8, 4) is 0 Å². The molecule has 0 N–H and O–H groups in total. The second-order valence-corrected chi connectivity index (χ2v) is 7.76. The van der Waals surface area contributed by atoms with Crippen LogP contribution in [0.5, 0.6) is 0 Å². The Morgan fingerprint density at radius 3 is 2.29 bits per heavy atom. The second kappa shape index (κ2) is 7.99. The van der Waals surface area contributed by atoms with Gasteiger partial charge < -0.3 is 9.64 Å². The van der Waals surface area contributed by atoms with Crippen LogP contribution in [-0.2, 0) is 4.74 Å². The number of ether oxygens (including phenoxy) is 1. The first-order chi connectivity index (χ1) is 11.9. The van der Waals surface area contributed by atoms with Gasteiger partial charge in [-0.05, 0) is 50.3 Å². The topological polar surface area (TPSA) is 15.7 Å². The molecule has 0 radical (unpaired) electrons. The molecule has 0 bridgehead atoms. The van der Waals surface area contributed by atoms with Gasteiger partial charge in [0.25, 0.3) is 0 Å². The van der Waals surface area contributed by atoms with Gasteiger partial charge in [-0.2, -0.15) is 0 Å². The van der Waals surface area contributed by atoms with E-state index in [0.717, 1.165) is 38.3 Å². The summed E-state index contributed by atoms with van der Waals surface area (Å²) in [5.74, 6) is 0.775. The summed E-state index contributed by atoms with van der Waals surface area (Å²) in [5, 5.41) is 0. The molecule has 3 aliphatic rings. The largest absolute Gasteiger partial charge is 0.379 e. The summed E-state index contributed by atoms with van der Waals surface area (Å²) in [6.45, 7) is 6.61. The number of morpholine rings is 1. The SMILES string of the molecule is c1ccc([C@H]([C@H]2CCCC[C@H]2N2CCCC2)N2CCOCC2)cc1. The number of benzene rings is 1. The first-order valence-electron chi connectivity index (χ1n) is 10.0. The molecule has 3 nitrogen and oxygen atoms in total. The molecular weight excluding hydrogens is 296 g/mol. The zero-order chi connectivity index (χ0) is 16.2. The van der Waals surface area contributed by atoms with Gasteiger partial charge in [0.1, 0.15) is 0 Å². The number of hydrogen-bond acceptors (Lipinski definition) is 3. The van der Waals surface area contributed by atoms with Gasteiger partial charge in [-0.25, -0.2) is 0 Å². The van der Waals surface area contributed by atoms with E-state index < -0.39 is 0 Å². The van der Waals surface area contributed by atoms with Crippen LogP contribution in [0.25, 0.3) is 0 Å². The summed E-state index contributed by atoms with van der Waals surface area (Å²) < 4.78 is 5.65. The Bertz CT molecular complexity index is 494. The van der Waals surface area contributed by atoms with Crippen molar-refractivity contribution >= 4 is 0 Å². The van der Waals surface area contributed by atoms with E-state index in [9.17, 15) is 0 Å². The van der Waals surface area contributed by atoms with Gasteiger partial charge >= 0.3 is 0 Å². The smallest absolute Gasteiger partial charge is 0.0594 e. The molecule has 24 heavy (non-hydrogen) atoms. The van der Waals surface area contributed by atoms with Crippen LogP contribution >= 0.6 is 0 Å². The van der Waals surface area contributed by atoms with Crippen LogP contribution in [0, 0.1) is 5.92 Å². The fourth-order valence-corrected chi connectivity index (χ4v) is 5.27. The molecule has 132 valence electrons. The van der Waals surface area contributed by atoms with Crippen LogP contribution in [0.4, 0.5) is 0 Å². The van der Waals surface area contributed by atoms with Crippen molar-refractivity contribution in [2.75, 3.05) is 39.4 Å². The van der Waals surface area contributed by atoms with E-state index in [0.29, 0.717) is 6.04 Å². The lowest BCUT2D eigenvalue weighted by molar-refractivity contribution is -0.0208. The van der Waals surface area contributed by atoms with E-state index in [1.165, 1.54) is 57.2 Å². The third kappa shape index (κ3) is 3.54. The van der Waals surface area contributed by atoms with Gasteiger partial charge in [0.05, 0.1) is 13.2 Å².